The molecule has 1 heterocycles. The number of unbranched alkanes of at least 4 members (excludes halogenated alkanes) is 2. The average molecular weight is 261 g/mol. The molecule has 0 unspecified atom stereocenters. The zero-order chi connectivity index (χ0) is 14.3. The molecule has 0 aliphatic heterocycles. The van der Waals surface area contributed by atoms with Crippen LogP contribution in [-0.4, -0.2) is 22.1 Å². The van der Waals surface area contributed by atoms with E-state index in [4.69, 9.17) is 5.26 Å². The molecule has 0 spiro atoms. The number of rotatable bonds is 7. The molecule has 19 heavy (non-hydrogen) atoms. The molecule has 0 amide bonds. The fourth-order valence-electron chi connectivity index (χ4n) is 1.66. The van der Waals surface area contributed by atoms with E-state index in [0.717, 1.165) is 18.8 Å². The second-order valence-electron chi connectivity index (χ2n) is 5.18. The Kier molecular flexibility index (Phi) is 5.56. The SMILES string of the molecule is CCCCCNc1cc(NC(C)(C)C#N)nc(C)n1. The van der Waals surface area contributed by atoms with Crippen LogP contribution in [-0.2, 0) is 0 Å². The zero-order valence-electron chi connectivity index (χ0n) is 12.2. The molecule has 0 radical (unpaired) electrons. The summed E-state index contributed by atoms with van der Waals surface area (Å²) in [5.41, 5.74) is -0.639. The van der Waals surface area contributed by atoms with E-state index >= 15 is 0 Å². The molecule has 0 saturated heterocycles. The van der Waals surface area contributed by atoms with Crippen LogP contribution in [0.25, 0.3) is 0 Å². The molecule has 1 aromatic rings. The first kappa shape index (κ1) is 15.2. The topological polar surface area (TPSA) is 73.6 Å². The largest absolute Gasteiger partial charge is 0.370 e. The third-order valence-corrected chi connectivity index (χ3v) is 2.64. The standard InChI is InChI=1S/C14H23N5/c1-5-6-7-8-16-12-9-13(18-11(2)17-12)19-14(3,4)10-15/h9H,5-8H2,1-4H3,(H2,16,17,18,19). The van der Waals surface area contributed by atoms with Crippen LogP contribution in [0.4, 0.5) is 11.6 Å². The lowest BCUT2D eigenvalue weighted by Gasteiger charge is -2.19. The summed E-state index contributed by atoms with van der Waals surface area (Å²) in [7, 11) is 0. The van der Waals surface area contributed by atoms with Crippen molar-refractivity contribution in [3.63, 3.8) is 0 Å². The van der Waals surface area contributed by atoms with E-state index in [1.54, 1.807) is 0 Å². The Labute approximate surface area is 115 Å². The first-order valence-corrected chi connectivity index (χ1v) is 6.76. The van der Waals surface area contributed by atoms with Crippen molar-refractivity contribution in [1.82, 2.24) is 9.97 Å². The van der Waals surface area contributed by atoms with Gasteiger partial charge in [0.05, 0.1) is 6.07 Å². The predicted molar refractivity (Wildman–Crippen MR) is 78.1 cm³/mol. The van der Waals surface area contributed by atoms with Crippen molar-refractivity contribution >= 4 is 11.6 Å². The van der Waals surface area contributed by atoms with Gasteiger partial charge in [0.2, 0.25) is 0 Å². The average Bonchev–Trinajstić information content (AvgIpc) is 2.33. The van der Waals surface area contributed by atoms with Gasteiger partial charge < -0.3 is 10.6 Å². The number of anilines is 2. The van der Waals surface area contributed by atoms with Crippen LogP contribution in [0.5, 0.6) is 0 Å². The smallest absolute Gasteiger partial charge is 0.133 e. The van der Waals surface area contributed by atoms with Gasteiger partial charge in [-0.15, -0.1) is 0 Å². The highest BCUT2D eigenvalue weighted by Gasteiger charge is 2.17. The normalized spacial score (nSPS) is 10.9. The lowest BCUT2D eigenvalue weighted by molar-refractivity contribution is 0.721. The molecule has 104 valence electrons. The number of aryl methyl sites for hydroxylation is 1. The Balaban J connectivity index is 2.69. The van der Waals surface area contributed by atoms with Gasteiger partial charge in [-0.25, -0.2) is 9.97 Å². The maximum Gasteiger partial charge on any atom is 0.133 e. The van der Waals surface area contributed by atoms with E-state index < -0.39 is 5.54 Å². The van der Waals surface area contributed by atoms with Gasteiger partial charge in [0, 0.05) is 12.6 Å². The number of nitrogens with one attached hydrogen (secondary N) is 2. The molecule has 0 saturated carbocycles. The highest BCUT2D eigenvalue weighted by atomic mass is 15.1. The molecule has 2 N–H and O–H groups in total. The molecule has 0 aliphatic rings. The van der Waals surface area contributed by atoms with Gasteiger partial charge in [-0.3, -0.25) is 0 Å². The Bertz CT molecular complexity index is 448. The first-order valence-electron chi connectivity index (χ1n) is 6.76. The molecule has 5 heteroatoms. The molecule has 0 fully saturated rings. The minimum atomic E-state index is -0.639. The minimum absolute atomic E-state index is 0.639. The van der Waals surface area contributed by atoms with Crippen LogP contribution in [0.1, 0.15) is 45.9 Å². The van der Waals surface area contributed by atoms with E-state index in [1.807, 2.05) is 26.8 Å². The Morgan fingerprint density at radius 1 is 1.26 bits per heavy atom. The summed E-state index contributed by atoms with van der Waals surface area (Å²) in [6, 6.07) is 4.04. The second-order valence-corrected chi connectivity index (χ2v) is 5.18. The van der Waals surface area contributed by atoms with Gasteiger partial charge in [0.15, 0.2) is 0 Å². The second kappa shape index (κ2) is 6.93. The van der Waals surface area contributed by atoms with Crippen LogP contribution in [0.3, 0.4) is 0 Å². The Morgan fingerprint density at radius 3 is 2.58 bits per heavy atom. The van der Waals surface area contributed by atoms with Crippen LogP contribution in [0, 0.1) is 18.3 Å². The Hall–Kier alpha value is -1.83. The maximum absolute atomic E-state index is 9.02. The molecule has 0 aliphatic carbocycles. The van der Waals surface area contributed by atoms with Crippen molar-refractivity contribution in [2.45, 2.75) is 52.5 Å². The van der Waals surface area contributed by atoms with E-state index in [9.17, 15) is 0 Å². The van der Waals surface area contributed by atoms with Crippen molar-refractivity contribution in [3.8, 4) is 6.07 Å². The minimum Gasteiger partial charge on any atom is -0.370 e. The summed E-state index contributed by atoms with van der Waals surface area (Å²) in [6.45, 7) is 8.57. The summed E-state index contributed by atoms with van der Waals surface area (Å²) in [5, 5.41) is 15.4. The summed E-state index contributed by atoms with van der Waals surface area (Å²) in [4.78, 5) is 8.64. The van der Waals surface area contributed by atoms with Crippen LogP contribution in [0.2, 0.25) is 0 Å². The third kappa shape index (κ3) is 5.56. The van der Waals surface area contributed by atoms with Crippen LogP contribution < -0.4 is 10.6 Å². The molecular weight excluding hydrogens is 238 g/mol. The number of hydrogen-bond acceptors (Lipinski definition) is 5. The molecule has 5 nitrogen and oxygen atoms in total. The van der Waals surface area contributed by atoms with Crippen molar-refractivity contribution in [2.24, 2.45) is 0 Å². The van der Waals surface area contributed by atoms with Gasteiger partial charge in [-0.05, 0) is 27.2 Å². The van der Waals surface area contributed by atoms with Crippen LogP contribution >= 0.6 is 0 Å². The predicted octanol–water partition coefficient (Wildman–Crippen LogP) is 3.10. The van der Waals surface area contributed by atoms with Crippen molar-refractivity contribution < 1.29 is 0 Å². The monoisotopic (exact) mass is 261 g/mol. The van der Waals surface area contributed by atoms with E-state index in [2.05, 4.69) is 33.6 Å². The number of hydrogen-bond donors (Lipinski definition) is 2. The van der Waals surface area contributed by atoms with Crippen LogP contribution in [0.15, 0.2) is 6.07 Å². The molecule has 0 atom stereocenters. The highest BCUT2D eigenvalue weighted by Crippen LogP contribution is 2.16. The lowest BCUT2D eigenvalue weighted by Crippen LogP contribution is -2.29. The zero-order valence-corrected chi connectivity index (χ0v) is 12.2. The third-order valence-electron chi connectivity index (χ3n) is 2.64. The van der Waals surface area contributed by atoms with Gasteiger partial charge >= 0.3 is 0 Å². The van der Waals surface area contributed by atoms with Gasteiger partial charge in [-0.1, -0.05) is 19.8 Å². The van der Waals surface area contributed by atoms with E-state index in [0.29, 0.717) is 11.6 Å². The molecular formula is C14H23N5. The van der Waals surface area contributed by atoms with E-state index in [-0.39, 0.29) is 0 Å². The number of nitriles is 1. The fraction of sp³-hybridized carbons (Fsp3) is 0.643. The molecule has 1 rings (SSSR count). The van der Waals surface area contributed by atoms with Gasteiger partial charge in [-0.2, -0.15) is 5.26 Å². The molecule has 0 bridgehead atoms. The summed E-state index contributed by atoms with van der Waals surface area (Å²) in [5.74, 6) is 2.17. The molecule has 1 aromatic heterocycles. The number of nitrogens with zero attached hydrogens (tertiary/aromatic N) is 3. The summed E-state index contributed by atoms with van der Waals surface area (Å²) < 4.78 is 0. The van der Waals surface area contributed by atoms with Crippen molar-refractivity contribution in [1.29, 1.82) is 5.26 Å². The van der Waals surface area contributed by atoms with Gasteiger partial charge in [0.1, 0.15) is 23.0 Å². The van der Waals surface area contributed by atoms with Gasteiger partial charge in [0.25, 0.3) is 0 Å². The fourth-order valence-corrected chi connectivity index (χ4v) is 1.66. The highest BCUT2D eigenvalue weighted by molar-refractivity contribution is 5.49. The summed E-state index contributed by atoms with van der Waals surface area (Å²) in [6.07, 6.45) is 3.54. The lowest BCUT2D eigenvalue weighted by atomic mass is 10.1. The van der Waals surface area contributed by atoms with E-state index in [1.165, 1.54) is 12.8 Å². The maximum atomic E-state index is 9.02. The quantitative estimate of drug-likeness (QED) is 0.738. The van der Waals surface area contributed by atoms with Crippen molar-refractivity contribution in [3.05, 3.63) is 11.9 Å². The van der Waals surface area contributed by atoms with Crippen molar-refractivity contribution in [2.75, 3.05) is 17.2 Å². The number of aromatic nitrogens is 2. The first-order chi connectivity index (χ1) is 8.96. The molecule has 0 aromatic carbocycles. The Morgan fingerprint density at radius 2 is 1.95 bits per heavy atom. The summed E-state index contributed by atoms with van der Waals surface area (Å²) >= 11 is 0.